The molecule has 0 saturated carbocycles. The Morgan fingerprint density at radius 3 is 2.35 bits per heavy atom. The van der Waals surface area contributed by atoms with Gasteiger partial charge in [-0.1, -0.05) is 51.0 Å². The minimum Gasteiger partial charge on any atom is -0.461 e. The second-order valence-corrected chi connectivity index (χ2v) is 17.7. The normalized spacial score (nSPS) is 23.8. The van der Waals surface area contributed by atoms with E-state index in [1.165, 1.54) is 18.3 Å². The zero-order valence-electron chi connectivity index (χ0n) is 37.3. The number of aliphatic hydroxyl groups excluding tert-OH is 1. The fraction of sp³-hybridized carbons (Fsp3) is 0.674. The highest BCUT2D eigenvalue weighted by molar-refractivity contribution is 7.09. The molecular weight excluding hydrogens is 789 g/mol. The quantitative estimate of drug-likeness (QED) is 0.0717. The number of esters is 2. The number of allylic oxidation sites excluding steroid dienone is 2. The van der Waals surface area contributed by atoms with Crippen LogP contribution in [0.4, 0.5) is 0 Å². The van der Waals surface area contributed by atoms with Gasteiger partial charge in [0.05, 0.1) is 55.1 Å². The van der Waals surface area contributed by atoms with Gasteiger partial charge in [-0.25, -0.2) is 4.98 Å². The molecule has 336 valence electrons. The number of thiazole rings is 1. The van der Waals surface area contributed by atoms with Gasteiger partial charge >= 0.3 is 11.9 Å². The predicted molar refractivity (Wildman–Crippen MR) is 232 cm³/mol. The van der Waals surface area contributed by atoms with Crippen LogP contribution in [0, 0.1) is 30.1 Å². The first-order valence-corrected chi connectivity index (χ1v) is 22.2. The van der Waals surface area contributed by atoms with Crippen LogP contribution in [-0.2, 0) is 47.7 Å². The highest BCUT2D eigenvalue weighted by Gasteiger charge is 2.45. The van der Waals surface area contributed by atoms with Gasteiger partial charge in [-0.2, -0.15) is 0 Å². The Labute approximate surface area is 361 Å². The van der Waals surface area contributed by atoms with Crippen molar-refractivity contribution in [2.45, 2.75) is 145 Å². The second kappa shape index (κ2) is 27.2. The summed E-state index contributed by atoms with van der Waals surface area (Å²) in [5.74, 6) is -3.42. The fourth-order valence-corrected chi connectivity index (χ4v) is 7.24. The maximum absolute atomic E-state index is 14.0. The number of Topliss-reactive ketones (excluding diaryl/α,β-unsaturated/α-hetero) is 3. The van der Waals surface area contributed by atoms with Gasteiger partial charge in [-0.3, -0.25) is 28.8 Å². The van der Waals surface area contributed by atoms with Crippen LogP contribution in [-0.4, -0.2) is 96.6 Å². The maximum atomic E-state index is 14.0. The van der Waals surface area contributed by atoms with Crippen LogP contribution in [0.25, 0.3) is 6.08 Å². The first-order valence-electron chi connectivity index (χ1n) is 21.3. The van der Waals surface area contributed by atoms with E-state index < -0.39 is 47.5 Å². The first kappa shape index (κ1) is 52.3. The molecule has 0 saturated heterocycles. The molecule has 0 bridgehead atoms. The number of rotatable bonds is 21. The topological polar surface area (TPSA) is 184 Å². The van der Waals surface area contributed by atoms with Crippen molar-refractivity contribution >= 4 is 52.6 Å². The monoisotopic (exact) mass is 858 g/mol. The molecular formula is C46H70N2O11S. The van der Waals surface area contributed by atoms with E-state index in [0.717, 1.165) is 21.8 Å². The molecule has 0 aliphatic carbocycles. The van der Waals surface area contributed by atoms with E-state index in [1.807, 2.05) is 57.4 Å². The third-order valence-corrected chi connectivity index (χ3v) is 11.5. The van der Waals surface area contributed by atoms with Gasteiger partial charge in [0.15, 0.2) is 0 Å². The fourth-order valence-electron chi connectivity index (χ4n) is 6.67. The summed E-state index contributed by atoms with van der Waals surface area (Å²) >= 11 is 1.53. The van der Waals surface area contributed by atoms with E-state index >= 15 is 0 Å². The number of ketones is 3. The summed E-state index contributed by atoms with van der Waals surface area (Å²) in [5.41, 5.74) is 1.28. The molecule has 2 N–H and O–H groups in total. The lowest BCUT2D eigenvalue weighted by Crippen LogP contribution is -2.47. The Hall–Kier alpha value is -3.85. The number of cyclic esters (lactones) is 1. The third-order valence-electron chi connectivity index (χ3n) is 10.7. The van der Waals surface area contributed by atoms with Gasteiger partial charge in [0.1, 0.15) is 29.6 Å². The number of ether oxygens (including phenoxy) is 4. The van der Waals surface area contributed by atoms with Crippen molar-refractivity contribution in [2.24, 2.45) is 23.2 Å². The van der Waals surface area contributed by atoms with E-state index in [1.54, 1.807) is 27.7 Å². The Kier molecular flexibility index (Phi) is 23.7. The molecule has 2 rings (SSSR count). The number of unbranched alkanes of at least 4 members (excludes halogenated alkanes) is 2. The lowest BCUT2D eigenvalue weighted by molar-refractivity contribution is -0.167. The van der Waals surface area contributed by atoms with Crippen LogP contribution in [0.5, 0.6) is 0 Å². The number of aliphatic hydroxyl groups is 1. The molecule has 0 fully saturated rings. The van der Waals surface area contributed by atoms with Gasteiger partial charge in [0.25, 0.3) is 0 Å². The molecule has 0 radical (unpaired) electrons. The van der Waals surface area contributed by atoms with Gasteiger partial charge in [-0.15, -0.1) is 11.3 Å². The number of nitrogens with one attached hydrogen (secondary N) is 1. The van der Waals surface area contributed by atoms with Crippen LogP contribution in [0.1, 0.15) is 130 Å². The molecule has 14 heteroatoms. The number of nitrogens with zero attached hydrogens (tertiary/aromatic N) is 1. The van der Waals surface area contributed by atoms with Crippen molar-refractivity contribution in [1.29, 1.82) is 0 Å². The molecule has 1 amide bonds. The summed E-state index contributed by atoms with van der Waals surface area (Å²) in [5, 5.41) is 16.9. The summed E-state index contributed by atoms with van der Waals surface area (Å²) in [6, 6.07) is 0. The summed E-state index contributed by atoms with van der Waals surface area (Å²) in [7, 11) is 0. The number of hydrogen-bond donors (Lipinski definition) is 2. The molecule has 1 aliphatic rings. The van der Waals surface area contributed by atoms with Crippen LogP contribution < -0.4 is 5.32 Å². The number of amides is 1. The van der Waals surface area contributed by atoms with Crippen molar-refractivity contribution in [3.8, 4) is 0 Å². The van der Waals surface area contributed by atoms with Crippen molar-refractivity contribution in [1.82, 2.24) is 10.3 Å². The average Bonchev–Trinajstić information content (AvgIpc) is 3.60. The van der Waals surface area contributed by atoms with Crippen LogP contribution in [0.15, 0.2) is 34.8 Å². The van der Waals surface area contributed by atoms with E-state index in [0.29, 0.717) is 64.9 Å². The number of aromatic nitrogens is 1. The van der Waals surface area contributed by atoms with E-state index in [-0.39, 0.29) is 61.5 Å². The number of carbonyl (C=O) groups is 6. The number of aryl methyl sites for hydroxylation is 1. The summed E-state index contributed by atoms with van der Waals surface area (Å²) in [6.45, 7) is 17.4. The minimum atomic E-state index is -1.34. The molecule has 1 unspecified atom stereocenters. The minimum absolute atomic E-state index is 0.0306. The van der Waals surface area contributed by atoms with Gasteiger partial charge < -0.3 is 29.4 Å². The van der Waals surface area contributed by atoms with Crippen molar-refractivity contribution < 1.29 is 52.8 Å². The zero-order chi connectivity index (χ0) is 44.8. The molecule has 0 spiro atoms. The smallest absolute Gasteiger partial charge is 0.310 e. The second-order valence-electron chi connectivity index (χ2n) is 16.7. The molecule has 1 aliphatic heterocycles. The predicted octanol–water partition coefficient (Wildman–Crippen LogP) is 7.27. The van der Waals surface area contributed by atoms with Crippen molar-refractivity contribution in [3.05, 3.63) is 45.5 Å². The molecule has 1 aromatic heterocycles. The lowest BCUT2D eigenvalue weighted by Gasteiger charge is -2.36. The van der Waals surface area contributed by atoms with Gasteiger partial charge in [-0.05, 0) is 72.5 Å². The van der Waals surface area contributed by atoms with Crippen LogP contribution in [0.3, 0.4) is 0 Å². The van der Waals surface area contributed by atoms with Gasteiger partial charge in [0, 0.05) is 61.8 Å². The third kappa shape index (κ3) is 19.7. The lowest BCUT2D eigenvalue weighted by atomic mass is 9.73. The molecule has 1 aromatic rings. The van der Waals surface area contributed by atoms with E-state index in [9.17, 15) is 33.9 Å². The molecule has 60 heavy (non-hydrogen) atoms. The molecule has 6 atom stereocenters. The summed E-state index contributed by atoms with van der Waals surface area (Å²) in [4.78, 5) is 81.4. The Balaban J connectivity index is 1.99. The number of hydrogen-bond acceptors (Lipinski definition) is 13. The Morgan fingerprint density at radius 1 is 1.02 bits per heavy atom. The zero-order valence-corrected chi connectivity index (χ0v) is 38.2. The largest absolute Gasteiger partial charge is 0.461 e. The molecule has 2 heterocycles. The number of carbonyl (C=O) groups excluding carboxylic acids is 6. The van der Waals surface area contributed by atoms with Crippen LogP contribution >= 0.6 is 11.3 Å². The first-order chi connectivity index (χ1) is 28.3. The molecule has 13 nitrogen and oxygen atoms in total. The standard InChI is InChI=1S/C46H70N2O11S/c1-30-14-13-15-31(2)43(53)35(6)44(54)46(8,9)40(28-42(52)58-39(18-17-30)32(3)26-37-29-60-36(7)48-37)59-41(51)16-11-10-12-21-47-45(55)33(4)27-38(50)20-23-57-25-24-56-22-19-34(5)49/h13,15,17,26,29,31,33,35,39-40,43,53H,10-12,14,16,18-25,27-28H2,1-9H3,(H,47,55)/b15-13-,30-17-,32-26+/t31-,33?,35+,39-,40-,43-/m0/s1. The SMILES string of the molecule is CC(=O)CCOCCOCCC(=O)CC(C)C(=O)NCCCCCC(=O)O[C@H]1CC(=O)O[C@H](/C(C)=C/c2csc(C)n2)C/C=C(/C)C/C=C\[C@H](C)[C@H](O)[C@@H](C)C(=O)C1(C)C. The maximum Gasteiger partial charge on any atom is 0.310 e. The van der Waals surface area contributed by atoms with E-state index in [4.69, 9.17) is 18.9 Å². The molecule has 0 aromatic carbocycles. The highest BCUT2D eigenvalue weighted by atomic mass is 32.1. The van der Waals surface area contributed by atoms with E-state index in [2.05, 4.69) is 10.3 Å². The van der Waals surface area contributed by atoms with Crippen molar-refractivity contribution in [3.63, 3.8) is 0 Å². The van der Waals surface area contributed by atoms with Crippen molar-refractivity contribution in [2.75, 3.05) is 33.0 Å². The Bertz CT molecular complexity index is 1660. The average molecular weight is 859 g/mol. The highest BCUT2D eigenvalue weighted by Crippen LogP contribution is 2.34. The van der Waals surface area contributed by atoms with Crippen LogP contribution in [0.2, 0.25) is 0 Å². The summed E-state index contributed by atoms with van der Waals surface area (Å²) < 4.78 is 22.7. The van der Waals surface area contributed by atoms with Gasteiger partial charge in [0.2, 0.25) is 5.91 Å². The Morgan fingerprint density at radius 2 is 1.70 bits per heavy atom. The summed E-state index contributed by atoms with van der Waals surface area (Å²) in [6.07, 6.45) is 8.02.